The second kappa shape index (κ2) is 6.67. The minimum Gasteiger partial charge on any atom is -0.459 e. The molecule has 23 heavy (non-hydrogen) atoms. The molecule has 2 N–H and O–H groups in total. The molecule has 0 spiro atoms. The van der Waals surface area contributed by atoms with Gasteiger partial charge in [0.2, 0.25) is 0 Å². The van der Waals surface area contributed by atoms with Crippen molar-refractivity contribution >= 4 is 46.5 Å². The summed E-state index contributed by atoms with van der Waals surface area (Å²) in [5.41, 5.74) is 0.516. The van der Waals surface area contributed by atoms with Gasteiger partial charge in [-0.15, -0.1) is 0 Å². The molecule has 7 heteroatoms. The first-order valence-corrected chi connectivity index (χ1v) is 8.19. The van der Waals surface area contributed by atoms with E-state index in [-0.39, 0.29) is 0 Å². The number of esters is 1. The Balaban J connectivity index is 2.43. The zero-order chi connectivity index (χ0) is 17.4. The summed E-state index contributed by atoms with van der Waals surface area (Å²) >= 11 is 17.6. The molecule has 1 aromatic carbocycles. The minimum atomic E-state index is -0.683. The predicted molar refractivity (Wildman–Crippen MR) is 96.5 cm³/mol. The fraction of sp³-hybridized carbons (Fsp3) is 0.375. The van der Waals surface area contributed by atoms with Crippen LogP contribution in [0.5, 0.6) is 0 Å². The second-order valence-electron chi connectivity index (χ2n) is 6.26. The first-order valence-electron chi connectivity index (χ1n) is 7.03. The highest BCUT2D eigenvalue weighted by molar-refractivity contribution is 7.80. The van der Waals surface area contributed by atoms with Gasteiger partial charge >= 0.3 is 5.97 Å². The van der Waals surface area contributed by atoms with Gasteiger partial charge in [-0.1, -0.05) is 41.9 Å². The quantitative estimate of drug-likeness (QED) is 0.607. The van der Waals surface area contributed by atoms with E-state index < -0.39 is 23.5 Å². The Hall–Kier alpha value is -1.30. The van der Waals surface area contributed by atoms with E-state index in [1.165, 1.54) is 0 Å². The molecule has 2 atom stereocenters. The molecule has 0 radical (unpaired) electrons. The van der Waals surface area contributed by atoms with Crippen LogP contribution in [-0.2, 0) is 9.53 Å². The number of carbonyl (C=O) groups is 1. The van der Waals surface area contributed by atoms with Crippen LogP contribution in [0.2, 0.25) is 10.0 Å². The smallest absolute Gasteiger partial charge is 0.317 e. The Morgan fingerprint density at radius 1 is 1.35 bits per heavy atom. The first-order chi connectivity index (χ1) is 10.6. The van der Waals surface area contributed by atoms with Crippen LogP contribution in [0.15, 0.2) is 30.5 Å². The standard InChI is InChI=1S/C16H18Cl2N2O2S/c1-8-11(14(21)22-16(2,3)4)13(20-15(23)19-8)9-6-5-7-10(17)12(9)18/h5-7,11,13H,1H2,2-4H3,(H2,19,20,23)/t11-,13-/m1/s1. The summed E-state index contributed by atoms with van der Waals surface area (Å²) in [4.78, 5) is 12.6. The summed E-state index contributed by atoms with van der Waals surface area (Å²) in [7, 11) is 0. The van der Waals surface area contributed by atoms with Crippen molar-refractivity contribution in [2.75, 3.05) is 0 Å². The van der Waals surface area contributed by atoms with Crippen LogP contribution in [0.1, 0.15) is 32.4 Å². The summed E-state index contributed by atoms with van der Waals surface area (Å²) in [6, 6.07) is 4.75. The molecule has 124 valence electrons. The van der Waals surface area contributed by atoms with E-state index in [9.17, 15) is 4.79 Å². The van der Waals surface area contributed by atoms with Crippen LogP contribution in [0.4, 0.5) is 0 Å². The van der Waals surface area contributed by atoms with Crippen molar-refractivity contribution < 1.29 is 9.53 Å². The highest BCUT2D eigenvalue weighted by atomic mass is 35.5. The maximum atomic E-state index is 12.6. The van der Waals surface area contributed by atoms with E-state index in [2.05, 4.69) is 17.2 Å². The zero-order valence-electron chi connectivity index (χ0n) is 13.1. The fourth-order valence-electron chi connectivity index (χ4n) is 2.35. The summed E-state index contributed by atoms with van der Waals surface area (Å²) in [6.45, 7) is 9.34. The minimum absolute atomic E-state index is 0.371. The topological polar surface area (TPSA) is 50.4 Å². The Bertz CT molecular complexity index is 671. The third-order valence-corrected chi connectivity index (χ3v) is 4.30. The molecule has 0 bridgehead atoms. The van der Waals surface area contributed by atoms with Gasteiger partial charge < -0.3 is 15.4 Å². The Labute approximate surface area is 151 Å². The zero-order valence-corrected chi connectivity index (χ0v) is 15.4. The van der Waals surface area contributed by atoms with Crippen molar-refractivity contribution in [3.8, 4) is 0 Å². The summed E-state index contributed by atoms with van der Waals surface area (Å²) in [5.74, 6) is -1.09. The first kappa shape index (κ1) is 18.0. The van der Waals surface area contributed by atoms with Crippen molar-refractivity contribution in [3.63, 3.8) is 0 Å². The Morgan fingerprint density at radius 2 is 2.00 bits per heavy atom. The van der Waals surface area contributed by atoms with Crippen LogP contribution in [0, 0.1) is 5.92 Å². The van der Waals surface area contributed by atoms with E-state index >= 15 is 0 Å². The van der Waals surface area contributed by atoms with Crippen molar-refractivity contribution in [1.82, 2.24) is 10.6 Å². The normalized spacial score (nSPS) is 21.4. The molecule has 4 nitrogen and oxygen atoms in total. The van der Waals surface area contributed by atoms with E-state index in [1.54, 1.807) is 18.2 Å². The predicted octanol–water partition coefficient (Wildman–Crippen LogP) is 3.98. The van der Waals surface area contributed by atoms with Gasteiger partial charge in [-0.25, -0.2) is 0 Å². The molecular formula is C16H18Cl2N2O2S. The molecule has 1 aromatic rings. The average Bonchev–Trinajstić information content (AvgIpc) is 2.38. The molecular weight excluding hydrogens is 355 g/mol. The molecule has 1 saturated heterocycles. The van der Waals surface area contributed by atoms with Gasteiger partial charge in [0.25, 0.3) is 0 Å². The SMILES string of the molecule is C=C1NC(=S)N[C@H](c2cccc(Cl)c2Cl)[C@@H]1C(=O)OC(C)(C)C. The number of hydrogen-bond acceptors (Lipinski definition) is 3. The van der Waals surface area contributed by atoms with Gasteiger partial charge in [0.1, 0.15) is 11.5 Å². The van der Waals surface area contributed by atoms with Crippen molar-refractivity contribution in [2.45, 2.75) is 32.4 Å². The molecule has 1 aliphatic rings. The van der Waals surface area contributed by atoms with Crippen LogP contribution in [0.25, 0.3) is 0 Å². The number of benzene rings is 1. The van der Waals surface area contributed by atoms with Crippen molar-refractivity contribution in [1.29, 1.82) is 0 Å². The molecule has 1 fully saturated rings. The number of ether oxygens (including phenoxy) is 1. The molecule has 1 heterocycles. The number of thiocarbonyl (C=S) groups is 1. The molecule has 2 rings (SSSR count). The van der Waals surface area contributed by atoms with Gasteiger partial charge in [-0.05, 0) is 44.6 Å². The van der Waals surface area contributed by atoms with E-state index in [4.69, 9.17) is 40.2 Å². The van der Waals surface area contributed by atoms with Gasteiger partial charge in [-0.2, -0.15) is 0 Å². The lowest BCUT2D eigenvalue weighted by Gasteiger charge is -2.36. The van der Waals surface area contributed by atoms with Crippen molar-refractivity contribution in [3.05, 3.63) is 46.1 Å². The third kappa shape index (κ3) is 4.16. The lowest BCUT2D eigenvalue weighted by molar-refractivity contribution is -0.159. The molecule has 0 saturated carbocycles. The number of nitrogens with one attached hydrogen (secondary N) is 2. The second-order valence-corrected chi connectivity index (χ2v) is 7.45. The molecule has 0 unspecified atom stereocenters. The molecule has 1 aliphatic heterocycles. The maximum absolute atomic E-state index is 12.6. The lowest BCUT2D eigenvalue weighted by atomic mass is 9.89. The number of carbonyl (C=O) groups excluding carboxylic acids is 1. The van der Waals surface area contributed by atoms with E-state index in [0.717, 1.165) is 0 Å². The monoisotopic (exact) mass is 372 g/mol. The fourth-order valence-corrected chi connectivity index (χ4v) is 3.03. The van der Waals surface area contributed by atoms with E-state index in [1.807, 2.05) is 20.8 Å². The highest BCUT2D eigenvalue weighted by Gasteiger charge is 2.40. The Morgan fingerprint density at radius 3 is 2.61 bits per heavy atom. The van der Waals surface area contributed by atoms with Gasteiger partial charge in [-0.3, -0.25) is 4.79 Å². The van der Waals surface area contributed by atoms with Crippen LogP contribution in [0.3, 0.4) is 0 Å². The van der Waals surface area contributed by atoms with Gasteiger partial charge in [0, 0.05) is 5.70 Å². The van der Waals surface area contributed by atoms with Crippen molar-refractivity contribution in [2.24, 2.45) is 5.92 Å². The number of halogens is 2. The van der Waals surface area contributed by atoms with Crippen LogP contribution >= 0.6 is 35.4 Å². The average molecular weight is 373 g/mol. The number of rotatable bonds is 2. The summed E-state index contributed by atoms with van der Waals surface area (Å²) in [5, 5.41) is 7.09. The summed E-state index contributed by atoms with van der Waals surface area (Å²) in [6.07, 6.45) is 0. The largest absolute Gasteiger partial charge is 0.459 e. The number of hydrogen-bond donors (Lipinski definition) is 2. The van der Waals surface area contributed by atoms with Gasteiger partial charge in [0.15, 0.2) is 5.11 Å². The molecule has 0 aromatic heterocycles. The Kier molecular flexibility index (Phi) is 5.23. The maximum Gasteiger partial charge on any atom is 0.317 e. The molecule has 0 amide bonds. The summed E-state index contributed by atoms with van der Waals surface area (Å²) < 4.78 is 5.51. The van der Waals surface area contributed by atoms with Gasteiger partial charge in [0.05, 0.1) is 16.1 Å². The third-order valence-electron chi connectivity index (χ3n) is 3.25. The van der Waals surface area contributed by atoms with Crippen LogP contribution < -0.4 is 10.6 Å². The van der Waals surface area contributed by atoms with Crippen LogP contribution in [-0.4, -0.2) is 16.7 Å². The highest BCUT2D eigenvalue weighted by Crippen LogP contribution is 2.37. The lowest BCUT2D eigenvalue weighted by Crippen LogP contribution is -2.51. The van der Waals surface area contributed by atoms with E-state index in [0.29, 0.717) is 26.4 Å². The molecule has 0 aliphatic carbocycles.